The Morgan fingerprint density at radius 1 is 1.24 bits per heavy atom. The van der Waals surface area contributed by atoms with Crippen LogP contribution in [0.4, 0.5) is 5.69 Å². The summed E-state index contributed by atoms with van der Waals surface area (Å²) in [7, 11) is 2.13. The monoisotopic (exact) mass is 474 g/mol. The number of hydrogen-bond donors (Lipinski definition) is 0. The first kappa shape index (κ1) is 19.3. The summed E-state index contributed by atoms with van der Waals surface area (Å²) in [4.78, 5) is 30.1. The van der Waals surface area contributed by atoms with E-state index >= 15 is 0 Å². The Morgan fingerprint density at radius 3 is 2.48 bits per heavy atom. The zero-order valence-corrected chi connectivity index (χ0v) is 18.0. The van der Waals surface area contributed by atoms with Crippen LogP contribution in [0.1, 0.15) is 55.1 Å². The topological polar surface area (TPSA) is 40.6 Å². The van der Waals surface area contributed by atoms with Crippen molar-refractivity contribution in [2.45, 2.75) is 51.5 Å². The Hall–Kier alpha value is -0.470. The van der Waals surface area contributed by atoms with E-state index in [2.05, 4.69) is 41.5 Å². The molecule has 1 saturated carbocycles. The van der Waals surface area contributed by atoms with Crippen LogP contribution in [0.2, 0.25) is 0 Å². The highest BCUT2D eigenvalue weighted by atomic mass is 127. The van der Waals surface area contributed by atoms with Crippen molar-refractivity contribution >= 4 is 51.8 Å². The van der Waals surface area contributed by atoms with Crippen molar-refractivity contribution in [3.8, 4) is 0 Å². The summed E-state index contributed by atoms with van der Waals surface area (Å²) in [6.07, 6.45) is 7.13. The number of nitrogens with zero attached hydrogens (tertiary/aromatic N) is 2. The predicted octanol–water partition coefficient (Wildman–Crippen LogP) is 4.42. The van der Waals surface area contributed by atoms with Gasteiger partial charge in [0.2, 0.25) is 5.91 Å². The number of carbonyl (C=O) groups excluding carboxylic acids is 2. The predicted molar refractivity (Wildman–Crippen MR) is 112 cm³/mol. The second kappa shape index (κ2) is 8.48. The van der Waals surface area contributed by atoms with Gasteiger partial charge in [0, 0.05) is 12.0 Å². The minimum Gasteiger partial charge on any atom is -0.307 e. The maximum absolute atomic E-state index is 13.5. The van der Waals surface area contributed by atoms with Crippen molar-refractivity contribution in [3.63, 3.8) is 0 Å². The number of rotatable bonds is 4. The van der Waals surface area contributed by atoms with Gasteiger partial charge < -0.3 is 9.80 Å². The molecular weight excluding hydrogens is 447 g/mol. The largest absolute Gasteiger partial charge is 0.307 e. The van der Waals surface area contributed by atoms with Crippen LogP contribution < -0.4 is 4.90 Å². The average Bonchev–Trinajstić information content (AvgIpc) is 2.98. The first-order valence-corrected chi connectivity index (χ1v) is 11.1. The molecule has 1 saturated heterocycles. The Labute approximate surface area is 168 Å². The number of carbonyl (C=O) groups is 2. The molecule has 2 fully saturated rings. The van der Waals surface area contributed by atoms with E-state index in [1.165, 1.54) is 11.3 Å². The van der Waals surface area contributed by atoms with E-state index in [0.29, 0.717) is 4.88 Å². The molecule has 0 bridgehead atoms. The molecule has 0 N–H and O–H groups in total. The van der Waals surface area contributed by atoms with Crippen LogP contribution in [-0.4, -0.2) is 43.3 Å². The lowest BCUT2D eigenvalue weighted by Gasteiger charge is -2.39. The molecule has 1 aliphatic heterocycles. The van der Waals surface area contributed by atoms with Crippen LogP contribution >= 0.6 is 33.9 Å². The van der Waals surface area contributed by atoms with E-state index in [1.807, 2.05) is 11.0 Å². The van der Waals surface area contributed by atoms with Crippen LogP contribution in [0.15, 0.2) is 6.07 Å². The fourth-order valence-electron chi connectivity index (χ4n) is 4.09. The summed E-state index contributed by atoms with van der Waals surface area (Å²) >= 11 is 3.74. The average molecular weight is 474 g/mol. The van der Waals surface area contributed by atoms with Crippen molar-refractivity contribution in [2.24, 2.45) is 11.8 Å². The third-order valence-electron chi connectivity index (χ3n) is 5.73. The number of aldehydes is 1. The lowest BCUT2D eigenvalue weighted by molar-refractivity contribution is -0.124. The minimum atomic E-state index is 0.118. The third-order valence-corrected chi connectivity index (χ3v) is 7.54. The fourth-order valence-corrected chi connectivity index (χ4v) is 5.79. The molecular formula is C19H27IN2O2S. The minimum absolute atomic E-state index is 0.118. The van der Waals surface area contributed by atoms with Crippen molar-refractivity contribution in [3.05, 3.63) is 13.8 Å². The molecule has 0 aromatic carbocycles. The number of piperidine rings is 1. The van der Waals surface area contributed by atoms with Crippen LogP contribution in [0.5, 0.6) is 0 Å². The highest BCUT2D eigenvalue weighted by molar-refractivity contribution is 14.1. The van der Waals surface area contributed by atoms with Gasteiger partial charge in [-0.2, -0.15) is 0 Å². The molecule has 1 aromatic heterocycles. The molecule has 0 radical (unpaired) electrons. The number of thiophene rings is 1. The van der Waals surface area contributed by atoms with Gasteiger partial charge in [0.15, 0.2) is 6.29 Å². The smallest absolute Gasteiger partial charge is 0.230 e. The van der Waals surface area contributed by atoms with Gasteiger partial charge in [-0.1, -0.05) is 6.92 Å². The molecule has 2 aliphatic rings. The van der Waals surface area contributed by atoms with Gasteiger partial charge in [-0.15, -0.1) is 11.3 Å². The Morgan fingerprint density at radius 2 is 1.88 bits per heavy atom. The van der Waals surface area contributed by atoms with Crippen molar-refractivity contribution in [2.75, 3.05) is 25.0 Å². The van der Waals surface area contributed by atoms with Crippen LogP contribution in [0.25, 0.3) is 0 Å². The van der Waals surface area contributed by atoms with Crippen molar-refractivity contribution < 1.29 is 9.59 Å². The van der Waals surface area contributed by atoms with Gasteiger partial charge in [-0.05, 0) is 93.2 Å². The first-order chi connectivity index (χ1) is 12.0. The normalized spacial score (nSPS) is 25.7. The van der Waals surface area contributed by atoms with Gasteiger partial charge >= 0.3 is 0 Å². The molecule has 4 nitrogen and oxygen atoms in total. The summed E-state index contributed by atoms with van der Waals surface area (Å²) in [6.45, 7) is 4.29. The molecule has 0 unspecified atom stereocenters. The molecule has 1 aromatic rings. The third kappa shape index (κ3) is 4.45. The van der Waals surface area contributed by atoms with Gasteiger partial charge in [0.25, 0.3) is 0 Å². The molecule has 6 heteroatoms. The Balaban J connectivity index is 1.88. The molecule has 1 amide bonds. The molecule has 25 heavy (non-hydrogen) atoms. The van der Waals surface area contributed by atoms with Crippen LogP contribution in [-0.2, 0) is 4.79 Å². The quantitative estimate of drug-likeness (QED) is 0.479. The SMILES string of the molecule is CN1CCC(N(c2cc(I)sc2C=O)C(=O)[C@H]2CC[C@H](C)CC2)CC1. The van der Waals surface area contributed by atoms with E-state index in [1.54, 1.807) is 0 Å². The fraction of sp³-hybridized carbons (Fsp3) is 0.684. The lowest BCUT2D eigenvalue weighted by atomic mass is 9.82. The number of likely N-dealkylation sites (tertiary alicyclic amines) is 1. The zero-order chi connectivity index (χ0) is 18.0. The number of amides is 1. The summed E-state index contributed by atoms with van der Waals surface area (Å²) in [5.74, 6) is 1.10. The molecule has 1 aliphatic carbocycles. The van der Waals surface area contributed by atoms with E-state index in [0.717, 1.165) is 72.4 Å². The van der Waals surface area contributed by atoms with Crippen molar-refractivity contribution in [1.82, 2.24) is 4.90 Å². The number of halogens is 1. The van der Waals surface area contributed by atoms with E-state index in [9.17, 15) is 9.59 Å². The summed E-state index contributed by atoms with van der Waals surface area (Å²) in [5, 5.41) is 0. The van der Waals surface area contributed by atoms with Gasteiger partial charge in [0.1, 0.15) is 0 Å². The molecule has 3 rings (SSSR count). The molecule has 138 valence electrons. The van der Waals surface area contributed by atoms with Gasteiger partial charge in [-0.25, -0.2) is 0 Å². The number of hydrogen-bond acceptors (Lipinski definition) is 4. The van der Waals surface area contributed by atoms with Gasteiger partial charge in [-0.3, -0.25) is 9.59 Å². The maximum atomic E-state index is 13.5. The summed E-state index contributed by atoms with van der Waals surface area (Å²) in [5.41, 5.74) is 0.850. The summed E-state index contributed by atoms with van der Waals surface area (Å²) in [6, 6.07) is 2.24. The van der Waals surface area contributed by atoms with E-state index in [-0.39, 0.29) is 17.9 Å². The molecule has 2 heterocycles. The highest BCUT2D eigenvalue weighted by Gasteiger charge is 2.35. The number of anilines is 1. The second-order valence-electron chi connectivity index (χ2n) is 7.62. The van der Waals surface area contributed by atoms with Gasteiger partial charge in [0.05, 0.1) is 13.4 Å². The van der Waals surface area contributed by atoms with Crippen LogP contribution in [0.3, 0.4) is 0 Å². The lowest BCUT2D eigenvalue weighted by Crippen LogP contribution is -2.49. The zero-order valence-electron chi connectivity index (χ0n) is 15.0. The van der Waals surface area contributed by atoms with E-state index in [4.69, 9.17) is 0 Å². The molecule has 0 spiro atoms. The maximum Gasteiger partial charge on any atom is 0.230 e. The Bertz CT molecular complexity index is 617. The Kier molecular flexibility index (Phi) is 6.55. The standard InChI is InChI=1S/C19H27IN2O2S/c1-13-3-5-14(6-4-13)19(24)22(15-7-9-21(2)10-8-15)16-11-18(20)25-17(16)12-23/h11-15H,3-10H2,1-2H3/t13-,14-. The second-order valence-corrected chi connectivity index (χ2v) is 10.6. The van der Waals surface area contributed by atoms with Crippen molar-refractivity contribution in [1.29, 1.82) is 0 Å². The molecule has 0 atom stereocenters. The first-order valence-electron chi connectivity index (χ1n) is 9.25. The van der Waals surface area contributed by atoms with E-state index < -0.39 is 0 Å². The highest BCUT2D eigenvalue weighted by Crippen LogP contribution is 2.37. The summed E-state index contributed by atoms with van der Waals surface area (Å²) < 4.78 is 1.07. The van der Waals surface area contributed by atoms with Crippen LogP contribution in [0, 0.1) is 14.7 Å².